The number of anilines is 3. The molecule has 0 aromatic carbocycles. The van der Waals surface area contributed by atoms with Gasteiger partial charge in [0.15, 0.2) is 21.1 Å². The molecule has 0 amide bonds. The van der Waals surface area contributed by atoms with Crippen LogP contribution in [-0.2, 0) is 10.0 Å². The van der Waals surface area contributed by atoms with Gasteiger partial charge < -0.3 is 20.3 Å². The average Bonchev–Trinajstić information content (AvgIpc) is 3.02. The molecule has 2 aromatic rings. The van der Waals surface area contributed by atoms with Crippen LogP contribution in [-0.4, -0.2) is 51.3 Å². The van der Waals surface area contributed by atoms with Crippen LogP contribution in [0.4, 0.5) is 17.3 Å². The topological polar surface area (TPSA) is 131 Å². The predicted octanol–water partition coefficient (Wildman–Crippen LogP) is 2.81. The Morgan fingerprint density at radius 3 is 2.42 bits per heavy atom. The lowest BCUT2D eigenvalue weighted by Crippen LogP contribution is -2.31. The van der Waals surface area contributed by atoms with E-state index in [1.807, 2.05) is 27.7 Å². The summed E-state index contributed by atoms with van der Waals surface area (Å²) in [6, 6.07) is 0.00380. The molecule has 2 heterocycles. The largest absolute Gasteiger partial charge is 0.546 e. The number of aromatic hydroxyl groups is 1. The molecule has 2 atom stereocenters. The molecule has 2 rings (SSSR count). The molecule has 0 saturated carbocycles. The number of hydrogen-bond donors (Lipinski definition) is 3. The van der Waals surface area contributed by atoms with Gasteiger partial charge in [-0.25, -0.2) is 12.7 Å². The summed E-state index contributed by atoms with van der Waals surface area (Å²) in [6.07, 6.45) is 0. The Labute approximate surface area is 160 Å². The summed E-state index contributed by atoms with van der Waals surface area (Å²) < 4.78 is 44.8. The average molecular weight is 422 g/mol. The summed E-state index contributed by atoms with van der Waals surface area (Å²) >= 11 is -0.896. The molecule has 0 fully saturated rings. The lowest BCUT2D eigenvalue weighted by molar-refractivity contribution is 0.359. The van der Waals surface area contributed by atoms with Gasteiger partial charge in [0.05, 0.1) is 5.69 Å². The fraction of sp³-hybridized carbons (Fsp3) is 0.571. The van der Waals surface area contributed by atoms with E-state index in [1.54, 1.807) is 0 Å². The fourth-order valence-corrected chi connectivity index (χ4v) is 4.77. The van der Waals surface area contributed by atoms with Crippen LogP contribution in [0.3, 0.4) is 0 Å². The number of thiophene rings is 1. The van der Waals surface area contributed by atoms with Gasteiger partial charge in [-0.3, -0.25) is 0 Å². The molecule has 0 saturated heterocycles. The highest BCUT2D eigenvalue weighted by Gasteiger charge is 2.28. The summed E-state index contributed by atoms with van der Waals surface area (Å²) in [5, 5.41) is 17.7. The van der Waals surface area contributed by atoms with Crippen molar-refractivity contribution in [2.45, 2.75) is 37.9 Å². The maximum absolute atomic E-state index is 12.2. The number of nitrogens with zero attached hydrogens (tertiary/aromatic N) is 3. The summed E-state index contributed by atoms with van der Waals surface area (Å²) in [6.45, 7) is 8.10. The van der Waals surface area contributed by atoms with E-state index in [4.69, 9.17) is 0 Å². The normalized spacial score (nSPS) is 14.5. The van der Waals surface area contributed by atoms with Crippen molar-refractivity contribution in [1.29, 1.82) is 0 Å². The van der Waals surface area contributed by atoms with Crippen molar-refractivity contribution in [1.82, 2.24) is 13.1 Å². The minimum atomic E-state index is -3.77. The van der Waals surface area contributed by atoms with Crippen molar-refractivity contribution < 1.29 is 18.1 Å². The van der Waals surface area contributed by atoms with Crippen LogP contribution in [0.25, 0.3) is 0 Å². The fourth-order valence-electron chi connectivity index (χ4n) is 1.76. The van der Waals surface area contributed by atoms with E-state index >= 15 is 0 Å². The van der Waals surface area contributed by atoms with Crippen LogP contribution < -0.4 is 10.6 Å². The summed E-state index contributed by atoms with van der Waals surface area (Å²) in [4.78, 5) is 0. The van der Waals surface area contributed by atoms with Gasteiger partial charge in [-0.2, -0.15) is 0 Å². The zero-order valence-corrected chi connectivity index (χ0v) is 17.8. The number of rotatable bonds is 6. The third-order valence-corrected chi connectivity index (χ3v) is 7.90. The molecule has 1 unspecified atom stereocenters. The van der Waals surface area contributed by atoms with Gasteiger partial charge in [-0.1, -0.05) is 20.8 Å². The molecular weight excluding hydrogens is 398 g/mol. The highest BCUT2D eigenvalue weighted by molar-refractivity contribution is 7.91. The van der Waals surface area contributed by atoms with Crippen molar-refractivity contribution in [2.24, 2.45) is 5.41 Å². The maximum atomic E-state index is 12.2. The molecule has 12 heteroatoms. The Morgan fingerprint density at radius 1 is 1.31 bits per heavy atom. The Hall–Kier alpha value is -1.47. The van der Waals surface area contributed by atoms with E-state index in [2.05, 4.69) is 19.4 Å². The quantitative estimate of drug-likeness (QED) is 0.607. The van der Waals surface area contributed by atoms with Crippen molar-refractivity contribution in [3.63, 3.8) is 0 Å². The van der Waals surface area contributed by atoms with Crippen LogP contribution in [0.2, 0.25) is 0 Å². The highest BCUT2D eigenvalue weighted by atomic mass is 32.2. The second-order valence-electron chi connectivity index (χ2n) is 7.04. The molecular formula is C14H23N5O4S3. The van der Waals surface area contributed by atoms with Crippen molar-refractivity contribution in [2.75, 3.05) is 24.7 Å². The van der Waals surface area contributed by atoms with Crippen LogP contribution in [0.5, 0.6) is 5.75 Å². The first kappa shape index (κ1) is 20.8. The first-order chi connectivity index (χ1) is 11.8. The van der Waals surface area contributed by atoms with Crippen molar-refractivity contribution in [3.8, 4) is 5.75 Å². The van der Waals surface area contributed by atoms with Gasteiger partial charge >= 0.3 is 0 Å². The predicted molar refractivity (Wildman–Crippen MR) is 103 cm³/mol. The number of sulfonamides is 1. The third kappa shape index (κ3) is 4.26. The van der Waals surface area contributed by atoms with E-state index in [-0.39, 0.29) is 27.2 Å². The van der Waals surface area contributed by atoms with Crippen molar-refractivity contribution in [3.05, 3.63) is 5.38 Å². The highest BCUT2D eigenvalue weighted by Crippen LogP contribution is 2.41. The molecule has 0 radical (unpaired) electrons. The summed E-state index contributed by atoms with van der Waals surface area (Å²) in [5.74, 6) is 0.0713. The Bertz CT molecular complexity index is 883. The minimum absolute atomic E-state index is 0.00380. The van der Waals surface area contributed by atoms with E-state index in [0.717, 1.165) is 15.6 Å². The van der Waals surface area contributed by atoms with E-state index in [9.17, 15) is 18.1 Å². The zero-order chi connectivity index (χ0) is 19.9. The lowest BCUT2D eigenvalue weighted by Gasteiger charge is -2.27. The smallest absolute Gasteiger partial charge is 0.255 e. The zero-order valence-electron chi connectivity index (χ0n) is 15.4. The molecule has 0 aliphatic carbocycles. The van der Waals surface area contributed by atoms with Crippen LogP contribution in [0, 0.1) is 5.41 Å². The van der Waals surface area contributed by atoms with Gasteiger partial charge in [-0.15, -0.1) is 11.3 Å². The number of nitrogens with one attached hydrogen (secondary N) is 2. The second kappa shape index (κ2) is 7.27. The van der Waals surface area contributed by atoms with Crippen LogP contribution >= 0.6 is 22.5 Å². The first-order valence-corrected chi connectivity index (χ1v) is 11.1. The molecule has 2 aromatic heterocycles. The Balaban J connectivity index is 2.32. The second-order valence-corrected chi connectivity index (χ2v) is 11.1. The molecule has 0 aliphatic heterocycles. The lowest BCUT2D eigenvalue weighted by atomic mass is 9.88. The van der Waals surface area contributed by atoms with E-state index < -0.39 is 26.9 Å². The number of hydrogen-bond acceptors (Lipinski definition) is 9. The molecule has 3 N–H and O–H groups in total. The van der Waals surface area contributed by atoms with E-state index in [1.165, 1.54) is 19.5 Å². The van der Waals surface area contributed by atoms with Gasteiger partial charge in [0.2, 0.25) is 11.6 Å². The summed E-state index contributed by atoms with van der Waals surface area (Å²) in [5.41, 5.74) is 0.0841. The Kier molecular flexibility index (Phi) is 5.83. The van der Waals surface area contributed by atoms with Crippen molar-refractivity contribution >= 4 is 49.8 Å². The van der Waals surface area contributed by atoms with Gasteiger partial charge in [0.25, 0.3) is 10.0 Å². The van der Waals surface area contributed by atoms with Crippen LogP contribution in [0.15, 0.2) is 9.59 Å². The molecule has 26 heavy (non-hydrogen) atoms. The standard InChI is InChI=1S/C14H23N5O4S3/c1-8(14(2,3)4)15-11-12(18-25(21)17-11)16-9-7-24-13(10(9)20)26(22,23)19(5)6/h7-8,20H,1-6H3,(H,15,17)(H,16,18)/t8-,25?/m0/s1. The molecule has 9 nitrogen and oxygen atoms in total. The molecule has 0 spiro atoms. The SMILES string of the molecule is C[C@H](Nc1n[s+]([O-])nc1Nc1csc(S(=O)(=O)N(C)C)c1O)C(C)(C)C. The Morgan fingerprint density at radius 2 is 1.88 bits per heavy atom. The summed E-state index contributed by atoms with van der Waals surface area (Å²) in [7, 11) is -1.00. The van der Waals surface area contributed by atoms with Crippen LogP contribution in [0.1, 0.15) is 27.7 Å². The van der Waals surface area contributed by atoms with Gasteiger partial charge in [-0.05, 0) is 12.3 Å². The molecule has 0 bridgehead atoms. The number of aromatic nitrogens is 2. The maximum Gasteiger partial charge on any atom is 0.255 e. The minimum Gasteiger partial charge on any atom is -0.546 e. The molecule has 146 valence electrons. The van der Waals surface area contributed by atoms with E-state index in [0.29, 0.717) is 5.82 Å². The van der Waals surface area contributed by atoms with Gasteiger partial charge in [0, 0.05) is 34.3 Å². The third-order valence-electron chi connectivity index (χ3n) is 3.92. The molecule has 0 aliphatic rings. The van der Waals surface area contributed by atoms with Gasteiger partial charge in [0.1, 0.15) is 0 Å². The first-order valence-electron chi connectivity index (χ1n) is 7.70. The monoisotopic (exact) mass is 421 g/mol.